The fourth-order valence-corrected chi connectivity index (χ4v) is 1.97. The van der Waals surface area contributed by atoms with Gasteiger partial charge in [-0.05, 0) is 19.1 Å². The molecule has 0 unspecified atom stereocenters. The number of hydrogen-bond donors (Lipinski definition) is 2. The number of aromatic amines is 1. The summed E-state index contributed by atoms with van der Waals surface area (Å²) in [6.45, 7) is 1.86. The first-order chi connectivity index (χ1) is 9.75. The lowest BCUT2D eigenvalue weighted by Gasteiger charge is -2.05. The Bertz CT molecular complexity index is 715. The molecule has 0 aliphatic carbocycles. The van der Waals surface area contributed by atoms with Gasteiger partial charge in [-0.3, -0.25) is 9.89 Å². The van der Waals surface area contributed by atoms with Gasteiger partial charge in [-0.15, -0.1) is 0 Å². The summed E-state index contributed by atoms with van der Waals surface area (Å²) in [6, 6.07) is 13.0. The number of rotatable bonds is 3. The van der Waals surface area contributed by atoms with Gasteiger partial charge in [0, 0.05) is 5.56 Å². The first kappa shape index (κ1) is 12.2. The minimum Gasteiger partial charge on any atom is -0.459 e. The Morgan fingerprint density at radius 3 is 2.70 bits per heavy atom. The van der Waals surface area contributed by atoms with Crippen molar-refractivity contribution in [3.05, 3.63) is 60.2 Å². The van der Waals surface area contributed by atoms with Gasteiger partial charge in [-0.2, -0.15) is 5.10 Å². The largest absolute Gasteiger partial charge is 0.459 e. The summed E-state index contributed by atoms with van der Waals surface area (Å²) in [5, 5.41) is 9.97. The molecular formula is C15H13N3O2. The fraction of sp³-hybridized carbons (Fsp3) is 0.0667. The number of benzene rings is 1. The third-order valence-corrected chi connectivity index (χ3v) is 2.98. The molecule has 1 aromatic carbocycles. The van der Waals surface area contributed by atoms with Crippen molar-refractivity contribution in [1.82, 2.24) is 10.2 Å². The smallest absolute Gasteiger partial charge is 0.291 e. The quantitative estimate of drug-likeness (QED) is 0.765. The molecule has 20 heavy (non-hydrogen) atoms. The highest BCUT2D eigenvalue weighted by Crippen LogP contribution is 2.28. The molecule has 3 rings (SSSR count). The van der Waals surface area contributed by atoms with Crippen LogP contribution in [0.25, 0.3) is 11.3 Å². The lowest BCUT2D eigenvalue weighted by molar-refractivity contribution is 0.0996. The Balaban J connectivity index is 1.94. The van der Waals surface area contributed by atoms with Crippen LogP contribution >= 0.6 is 0 Å². The third kappa shape index (κ3) is 2.21. The molecule has 0 bridgehead atoms. The number of carbonyl (C=O) groups excluding carboxylic acids is 1. The van der Waals surface area contributed by atoms with Crippen LogP contribution in [-0.2, 0) is 0 Å². The summed E-state index contributed by atoms with van der Waals surface area (Å²) in [7, 11) is 0. The lowest BCUT2D eigenvalue weighted by Crippen LogP contribution is -2.11. The van der Waals surface area contributed by atoms with E-state index in [9.17, 15) is 4.79 Å². The maximum absolute atomic E-state index is 12.1. The highest BCUT2D eigenvalue weighted by atomic mass is 16.3. The molecule has 0 aliphatic rings. The maximum atomic E-state index is 12.1. The highest BCUT2D eigenvalue weighted by molar-refractivity contribution is 6.04. The van der Waals surface area contributed by atoms with Gasteiger partial charge in [0.2, 0.25) is 0 Å². The number of aromatic nitrogens is 2. The zero-order chi connectivity index (χ0) is 13.9. The number of furan rings is 1. The maximum Gasteiger partial charge on any atom is 0.291 e. The summed E-state index contributed by atoms with van der Waals surface area (Å²) in [6.07, 6.45) is 1.47. The Morgan fingerprint density at radius 1 is 1.20 bits per heavy atom. The highest BCUT2D eigenvalue weighted by Gasteiger charge is 2.16. The molecule has 5 heteroatoms. The second kappa shape index (κ2) is 5.05. The van der Waals surface area contributed by atoms with Crippen LogP contribution in [-0.4, -0.2) is 16.1 Å². The topological polar surface area (TPSA) is 70.9 Å². The first-order valence-corrected chi connectivity index (χ1v) is 6.21. The predicted octanol–water partition coefficient (Wildman–Crippen LogP) is 3.23. The SMILES string of the molecule is Cc1[nH]nc(-c2ccccc2)c1NC(=O)c1ccco1. The van der Waals surface area contributed by atoms with Gasteiger partial charge in [0.15, 0.2) is 5.76 Å². The number of amides is 1. The first-order valence-electron chi connectivity index (χ1n) is 6.21. The summed E-state index contributed by atoms with van der Waals surface area (Å²) in [4.78, 5) is 12.1. The van der Waals surface area contributed by atoms with Crippen molar-refractivity contribution in [3.8, 4) is 11.3 Å². The van der Waals surface area contributed by atoms with Gasteiger partial charge < -0.3 is 9.73 Å². The van der Waals surface area contributed by atoms with Crippen LogP contribution in [0.5, 0.6) is 0 Å². The van der Waals surface area contributed by atoms with E-state index in [2.05, 4.69) is 15.5 Å². The van der Waals surface area contributed by atoms with E-state index < -0.39 is 0 Å². The summed E-state index contributed by atoms with van der Waals surface area (Å²) in [5.74, 6) is -0.0266. The molecule has 0 radical (unpaired) electrons. The Morgan fingerprint density at radius 2 is 2.00 bits per heavy atom. The molecule has 0 saturated heterocycles. The van der Waals surface area contributed by atoms with Crippen LogP contribution in [0.3, 0.4) is 0 Å². The van der Waals surface area contributed by atoms with Gasteiger partial charge in [-0.1, -0.05) is 30.3 Å². The Hall–Kier alpha value is -2.82. The average Bonchev–Trinajstić information content (AvgIpc) is 3.11. The van der Waals surface area contributed by atoms with E-state index in [1.807, 2.05) is 37.3 Å². The van der Waals surface area contributed by atoms with Crippen molar-refractivity contribution < 1.29 is 9.21 Å². The van der Waals surface area contributed by atoms with E-state index in [0.29, 0.717) is 11.4 Å². The normalized spacial score (nSPS) is 10.4. The molecule has 0 aliphatic heterocycles. The van der Waals surface area contributed by atoms with E-state index in [4.69, 9.17) is 4.42 Å². The molecule has 100 valence electrons. The van der Waals surface area contributed by atoms with Crippen molar-refractivity contribution in [2.45, 2.75) is 6.92 Å². The summed E-state index contributed by atoms with van der Waals surface area (Å²) < 4.78 is 5.09. The standard InChI is InChI=1S/C15H13N3O2/c1-10-13(16-15(19)12-8-5-9-20-12)14(18-17-10)11-6-3-2-4-7-11/h2-9H,1H3,(H,16,19)(H,17,18). The average molecular weight is 267 g/mol. The van der Waals surface area contributed by atoms with Crippen molar-refractivity contribution in [2.24, 2.45) is 0 Å². The van der Waals surface area contributed by atoms with Crippen molar-refractivity contribution in [1.29, 1.82) is 0 Å². The van der Waals surface area contributed by atoms with Gasteiger partial charge in [0.25, 0.3) is 5.91 Å². The molecule has 2 N–H and O–H groups in total. The molecule has 1 amide bonds. The second-order valence-corrected chi connectivity index (χ2v) is 4.37. The minimum atomic E-state index is -0.295. The molecular weight excluding hydrogens is 254 g/mol. The van der Waals surface area contributed by atoms with Gasteiger partial charge >= 0.3 is 0 Å². The van der Waals surface area contributed by atoms with E-state index in [0.717, 1.165) is 11.3 Å². The van der Waals surface area contributed by atoms with Crippen LogP contribution in [0.2, 0.25) is 0 Å². The number of hydrogen-bond acceptors (Lipinski definition) is 3. The van der Waals surface area contributed by atoms with Gasteiger partial charge in [0.1, 0.15) is 5.69 Å². The molecule has 0 fully saturated rings. The number of nitrogens with zero attached hydrogens (tertiary/aromatic N) is 1. The summed E-state index contributed by atoms with van der Waals surface area (Å²) in [5.41, 5.74) is 3.11. The van der Waals surface area contributed by atoms with Crippen LogP contribution in [0.4, 0.5) is 5.69 Å². The predicted molar refractivity (Wildman–Crippen MR) is 75.4 cm³/mol. The Labute approximate surface area is 115 Å². The molecule has 2 aromatic heterocycles. The van der Waals surface area contributed by atoms with Crippen LogP contribution in [0.1, 0.15) is 16.2 Å². The third-order valence-electron chi connectivity index (χ3n) is 2.98. The van der Waals surface area contributed by atoms with Crippen LogP contribution in [0.15, 0.2) is 53.1 Å². The molecule has 3 aromatic rings. The Kier molecular flexibility index (Phi) is 3.09. The number of anilines is 1. The number of aryl methyl sites for hydroxylation is 1. The van der Waals surface area contributed by atoms with Gasteiger partial charge in [0.05, 0.1) is 17.6 Å². The van der Waals surface area contributed by atoms with E-state index in [-0.39, 0.29) is 11.7 Å². The second-order valence-electron chi connectivity index (χ2n) is 4.37. The summed E-state index contributed by atoms with van der Waals surface area (Å²) >= 11 is 0. The van der Waals surface area contributed by atoms with Gasteiger partial charge in [-0.25, -0.2) is 0 Å². The van der Waals surface area contributed by atoms with Crippen LogP contribution in [0, 0.1) is 6.92 Å². The van der Waals surface area contributed by atoms with E-state index >= 15 is 0 Å². The van der Waals surface area contributed by atoms with Crippen molar-refractivity contribution in [2.75, 3.05) is 5.32 Å². The zero-order valence-electron chi connectivity index (χ0n) is 10.9. The molecule has 5 nitrogen and oxygen atoms in total. The van der Waals surface area contributed by atoms with Crippen LogP contribution < -0.4 is 5.32 Å². The van der Waals surface area contributed by atoms with Crippen molar-refractivity contribution in [3.63, 3.8) is 0 Å². The monoisotopic (exact) mass is 267 g/mol. The molecule has 2 heterocycles. The minimum absolute atomic E-state index is 0.268. The molecule has 0 saturated carbocycles. The van der Waals surface area contributed by atoms with E-state index in [1.54, 1.807) is 12.1 Å². The lowest BCUT2D eigenvalue weighted by atomic mass is 10.1. The number of nitrogens with one attached hydrogen (secondary N) is 2. The number of carbonyl (C=O) groups is 1. The van der Waals surface area contributed by atoms with E-state index in [1.165, 1.54) is 6.26 Å². The number of H-pyrrole nitrogens is 1. The fourth-order valence-electron chi connectivity index (χ4n) is 1.97. The van der Waals surface area contributed by atoms with Crippen molar-refractivity contribution >= 4 is 11.6 Å². The zero-order valence-corrected chi connectivity index (χ0v) is 10.9. The molecule has 0 spiro atoms. The molecule has 0 atom stereocenters.